The molecule has 0 saturated carbocycles. The molecular weight excluding hydrogens is 380 g/mol. The number of carbonyl (C=O) groups is 2. The maximum atomic E-state index is 13.2. The van der Waals surface area contributed by atoms with Crippen LogP contribution in [0.2, 0.25) is 0 Å². The fourth-order valence-electron chi connectivity index (χ4n) is 1.85. The second-order valence-corrected chi connectivity index (χ2v) is 5.62. The van der Waals surface area contributed by atoms with Crippen molar-refractivity contribution in [2.75, 3.05) is 12.4 Å². The van der Waals surface area contributed by atoms with E-state index in [1.165, 1.54) is 13.8 Å². The number of hydrogen-bond acceptors (Lipinski definition) is 5. The van der Waals surface area contributed by atoms with E-state index in [1.54, 1.807) is 0 Å². The zero-order valence-electron chi connectivity index (χ0n) is 12.7. The molecule has 25 heavy (non-hydrogen) atoms. The first-order valence-corrected chi connectivity index (χ1v) is 7.60. The normalized spacial score (nSPS) is 12.2. The fourth-order valence-corrected chi connectivity index (χ4v) is 2.79. The Kier molecular flexibility index (Phi) is 6.32. The van der Waals surface area contributed by atoms with E-state index in [0.29, 0.717) is 11.8 Å². The van der Waals surface area contributed by atoms with Crippen LogP contribution in [0.5, 0.6) is 0 Å². The second kappa shape index (κ2) is 7.50. The third kappa shape index (κ3) is 4.55. The molecule has 1 aromatic rings. The number of aromatic nitrogens is 1. The number of rotatable bonds is 5. The van der Waals surface area contributed by atoms with Gasteiger partial charge in [-0.1, -0.05) is 6.92 Å². The number of carbonyl (C=O) groups excluding carboxylic acids is 1. The first kappa shape index (κ1) is 21.1. The molecule has 1 aromatic heterocycles. The number of nitrogens with zero attached hydrogens (tertiary/aromatic N) is 1. The fraction of sp³-hybridized carbons (Fsp3) is 0.462. The number of ether oxygens (including phenoxy) is 1. The molecule has 140 valence electrons. The number of carboxylic acid groups (broad SMARTS) is 1. The van der Waals surface area contributed by atoms with Gasteiger partial charge in [-0.2, -0.15) is 26.3 Å². The van der Waals surface area contributed by atoms with Crippen LogP contribution in [0.25, 0.3) is 0 Å². The molecule has 0 atom stereocenters. The summed E-state index contributed by atoms with van der Waals surface area (Å²) in [7, 11) is 0. The highest BCUT2D eigenvalue weighted by Crippen LogP contribution is 2.42. The van der Waals surface area contributed by atoms with Gasteiger partial charge in [-0.3, -0.25) is 0 Å². The number of halogens is 6. The molecule has 0 bridgehead atoms. The molecule has 0 fully saturated rings. The Hall–Kier alpha value is -1.98. The molecule has 0 unspecified atom stereocenters. The minimum absolute atomic E-state index is 0.0920. The lowest BCUT2D eigenvalue weighted by molar-refractivity contribution is -0.151. The molecule has 0 amide bonds. The highest BCUT2D eigenvalue weighted by molar-refractivity contribution is 7.99. The van der Waals surface area contributed by atoms with Gasteiger partial charge in [0, 0.05) is 4.90 Å². The third-order valence-corrected chi connectivity index (χ3v) is 3.66. The van der Waals surface area contributed by atoms with E-state index < -0.39 is 51.7 Å². The standard InChI is InChI=1S/C13H11F6NO4S/c1-3-24-11(23)6-7(25-4-2)5(10(21)22)8(12(14,15)16)20-9(6)13(17,18)19/h3-4H2,1-2H3,(H,21,22). The molecule has 0 aliphatic rings. The van der Waals surface area contributed by atoms with Gasteiger partial charge in [0.2, 0.25) is 0 Å². The molecule has 1 rings (SSSR count). The molecule has 0 aromatic carbocycles. The number of esters is 1. The van der Waals surface area contributed by atoms with E-state index in [9.17, 15) is 35.9 Å². The predicted molar refractivity (Wildman–Crippen MR) is 73.6 cm³/mol. The molecule has 12 heteroatoms. The number of aromatic carboxylic acids is 1. The third-order valence-electron chi connectivity index (χ3n) is 2.67. The van der Waals surface area contributed by atoms with Gasteiger partial charge in [0.1, 0.15) is 11.1 Å². The minimum Gasteiger partial charge on any atom is -0.478 e. The maximum absolute atomic E-state index is 13.2. The predicted octanol–water partition coefficient (Wildman–Crippen LogP) is 4.11. The number of pyridine rings is 1. The van der Waals surface area contributed by atoms with Crippen molar-refractivity contribution in [2.45, 2.75) is 31.1 Å². The first-order chi connectivity index (χ1) is 11.4. The van der Waals surface area contributed by atoms with E-state index >= 15 is 0 Å². The monoisotopic (exact) mass is 391 g/mol. The van der Waals surface area contributed by atoms with Crippen LogP contribution in [0.15, 0.2) is 4.90 Å². The number of carboxylic acids is 1. The van der Waals surface area contributed by atoms with Crippen LogP contribution in [0.3, 0.4) is 0 Å². The van der Waals surface area contributed by atoms with E-state index in [1.807, 2.05) is 0 Å². The quantitative estimate of drug-likeness (QED) is 0.463. The van der Waals surface area contributed by atoms with Gasteiger partial charge in [0.15, 0.2) is 11.4 Å². The Balaban J connectivity index is 4.05. The lowest BCUT2D eigenvalue weighted by Gasteiger charge is -2.20. The Labute approximate surface area is 141 Å². The van der Waals surface area contributed by atoms with E-state index in [4.69, 9.17) is 5.11 Å². The molecule has 0 spiro atoms. The van der Waals surface area contributed by atoms with Crippen molar-refractivity contribution in [1.82, 2.24) is 4.98 Å². The van der Waals surface area contributed by atoms with Crippen molar-refractivity contribution in [3.63, 3.8) is 0 Å². The van der Waals surface area contributed by atoms with Gasteiger partial charge >= 0.3 is 24.3 Å². The Morgan fingerprint density at radius 3 is 1.88 bits per heavy atom. The topological polar surface area (TPSA) is 76.5 Å². The van der Waals surface area contributed by atoms with Crippen molar-refractivity contribution < 1.29 is 45.8 Å². The van der Waals surface area contributed by atoms with E-state index in [-0.39, 0.29) is 12.4 Å². The highest BCUT2D eigenvalue weighted by Gasteiger charge is 2.47. The SMILES string of the molecule is CCOC(=O)c1c(C(F)(F)F)nc(C(F)(F)F)c(C(=O)O)c1SCC. The summed E-state index contributed by atoms with van der Waals surface area (Å²) in [6.45, 7) is 2.27. The van der Waals surface area contributed by atoms with Crippen LogP contribution in [0.1, 0.15) is 46.0 Å². The molecule has 0 aliphatic carbocycles. The van der Waals surface area contributed by atoms with E-state index in [2.05, 4.69) is 9.72 Å². The zero-order chi connectivity index (χ0) is 19.6. The summed E-state index contributed by atoms with van der Waals surface area (Å²) in [6, 6.07) is 0. The smallest absolute Gasteiger partial charge is 0.434 e. The van der Waals surface area contributed by atoms with Crippen LogP contribution in [-0.4, -0.2) is 34.4 Å². The molecule has 0 radical (unpaired) electrons. The summed E-state index contributed by atoms with van der Waals surface area (Å²) >= 11 is 0.350. The van der Waals surface area contributed by atoms with Gasteiger partial charge in [-0.05, 0) is 12.7 Å². The van der Waals surface area contributed by atoms with Crippen LogP contribution in [0, 0.1) is 0 Å². The second-order valence-electron chi connectivity index (χ2n) is 4.34. The number of thioether (sulfide) groups is 1. The highest BCUT2D eigenvalue weighted by atomic mass is 32.2. The van der Waals surface area contributed by atoms with Gasteiger partial charge < -0.3 is 9.84 Å². The van der Waals surface area contributed by atoms with Crippen LogP contribution >= 0.6 is 11.8 Å². The Bertz CT molecular complexity index is 687. The lowest BCUT2D eigenvalue weighted by Crippen LogP contribution is -2.26. The van der Waals surface area contributed by atoms with Gasteiger partial charge in [0.25, 0.3) is 0 Å². The van der Waals surface area contributed by atoms with Gasteiger partial charge in [-0.15, -0.1) is 11.8 Å². The van der Waals surface area contributed by atoms with Crippen molar-refractivity contribution >= 4 is 23.7 Å². The summed E-state index contributed by atoms with van der Waals surface area (Å²) < 4.78 is 83.2. The molecule has 0 saturated heterocycles. The Morgan fingerprint density at radius 2 is 1.52 bits per heavy atom. The van der Waals surface area contributed by atoms with Crippen molar-refractivity contribution in [3.05, 3.63) is 22.5 Å². The lowest BCUT2D eigenvalue weighted by atomic mass is 10.1. The Morgan fingerprint density at radius 1 is 1.04 bits per heavy atom. The largest absolute Gasteiger partial charge is 0.478 e. The first-order valence-electron chi connectivity index (χ1n) is 6.61. The maximum Gasteiger partial charge on any atom is 0.434 e. The number of hydrogen-bond donors (Lipinski definition) is 1. The molecule has 5 nitrogen and oxygen atoms in total. The van der Waals surface area contributed by atoms with Crippen molar-refractivity contribution in [3.8, 4) is 0 Å². The average molecular weight is 391 g/mol. The minimum atomic E-state index is -5.47. The summed E-state index contributed by atoms with van der Waals surface area (Å²) in [4.78, 5) is 24.6. The summed E-state index contributed by atoms with van der Waals surface area (Å²) in [6.07, 6.45) is -10.9. The summed E-state index contributed by atoms with van der Waals surface area (Å²) in [5.41, 5.74) is -7.22. The molecule has 1 heterocycles. The molecule has 0 aliphatic heterocycles. The van der Waals surface area contributed by atoms with E-state index in [0.717, 1.165) is 0 Å². The van der Waals surface area contributed by atoms with Crippen LogP contribution < -0.4 is 0 Å². The summed E-state index contributed by atoms with van der Waals surface area (Å²) in [5, 5.41) is 9.08. The van der Waals surface area contributed by atoms with Crippen molar-refractivity contribution in [2.24, 2.45) is 0 Å². The zero-order valence-corrected chi connectivity index (χ0v) is 13.5. The number of alkyl halides is 6. The van der Waals surface area contributed by atoms with Gasteiger partial charge in [-0.25, -0.2) is 14.6 Å². The summed E-state index contributed by atoms with van der Waals surface area (Å²) in [5.74, 6) is -3.85. The van der Waals surface area contributed by atoms with Gasteiger partial charge in [0.05, 0.1) is 6.61 Å². The van der Waals surface area contributed by atoms with Crippen LogP contribution in [-0.2, 0) is 17.1 Å². The average Bonchev–Trinajstić information content (AvgIpc) is 2.44. The molecular formula is C13H11F6NO4S. The van der Waals surface area contributed by atoms with Crippen LogP contribution in [0.4, 0.5) is 26.3 Å². The van der Waals surface area contributed by atoms with Crippen molar-refractivity contribution in [1.29, 1.82) is 0 Å². The molecule has 1 N–H and O–H groups in total.